The molecular formula is C11H15N3O3. The Morgan fingerprint density at radius 3 is 3.29 bits per heavy atom. The van der Waals surface area contributed by atoms with Crippen LogP contribution in [0.2, 0.25) is 0 Å². The Kier molecular flexibility index (Phi) is 3.53. The zero-order valence-corrected chi connectivity index (χ0v) is 9.68. The number of rotatable bonds is 5. The van der Waals surface area contributed by atoms with Gasteiger partial charge >= 0.3 is 0 Å². The molecule has 0 saturated heterocycles. The predicted molar refractivity (Wildman–Crippen MR) is 59.7 cm³/mol. The SMILES string of the molecule is CCOCC(=O)CC1CNC(=O)c2cncn21. The molecular weight excluding hydrogens is 222 g/mol. The number of carbonyl (C=O) groups excluding carboxylic acids is 2. The largest absolute Gasteiger partial charge is 0.374 e. The number of nitrogens with one attached hydrogen (secondary N) is 1. The van der Waals surface area contributed by atoms with Gasteiger partial charge in [0.15, 0.2) is 5.78 Å². The lowest BCUT2D eigenvalue weighted by atomic mass is 10.1. The van der Waals surface area contributed by atoms with Gasteiger partial charge in [-0.2, -0.15) is 0 Å². The van der Waals surface area contributed by atoms with Crippen molar-refractivity contribution in [2.75, 3.05) is 19.8 Å². The summed E-state index contributed by atoms with van der Waals surface area (Å²) in [5.41, 5.74) is 0.505. The van der Waals surface area contributed by atoms with Gasteiger partial charge in [0.2, 0.25) is 0 Å². The van der Waals surface area contributed by atoms with Gasteiger partial charge in [-0.3, -0.25) is 9.59 Å². The molecule has 1 aliphatic rings. The second-order valence-corrected chi connectivity index (χ2v) is 3.93. The third kappa shape index (κ3) is 2.52. The number of hydrogen-bond acceptors (Lipinski definition) is 4. The standard InChI is InChI=1S/C11H15N3O3/c1-2-17-6-9(15)3-8-4-13-11(16)10-5-12-7-14(8)10/h5,7-8H,2-4,6H2,1H3,(H,13,16). The quantitative estimate of drug-likeness (QED) is 0.792. The Morgan fingerprint density at radius 2 is 2.53 bits per heavy atom. The third-order valence-corrected chi connectivity index (χ3v) is 2.72. The lowest BCUT2D eigenvalue weighted by Crippen LogP contribution is -2.39. The molecule has 1 N–H and O–H groups in total. The van der Waals surface area contributed by atoms with Crippen LogP contribution in [-0.4, -0.2) is 41.0 Å². The van der Waals surface area contributed by atoms with E-state index in [4.69, 9.17) is 4.74 Å². The molecule has 2 heterocycles. The third-order valence-electron chi connectivity index (χ3n) is 2.72. The Balaban J connectivity index is 2.02. The first kappa shape index (κ1) is 11.8. The van der Waals surface area contributed by atoms with Crippen LogP contribution in [0.15, 0.2) is 12.5 Å². The number of carbonyl (C=O) groups is 2. The van der Waals surface area contributed by atoms with Crippen LogP contribution >= 0.6 is 0 Å². The summed E-state index contributed by atoms with van der Waals surface area (Å²) in [7, 11) is 0. The zero-order valence-electron chi connectivity index (χ0n) is 9.68. The Hall–Kier alpha value is -1.69. The molecule has 0 aliphatic carbocycles. The van der Waals surface area contributed by atoms with Crippen LogP contribution in [0.5, 0.6) is 0 Å². The summed E-state index contributed by atoms with van der Waals surface area (Å²) in [4.78, 5) is 27.0. The second kappa shape index (κ2) is 5.09. The average molecular weight is 237 g/mol. The maximum atomic E-state index is 11.6. The van der Waals surface area contributed by atoms with E-state index in [9.17, 15) is 9.59 Å². The molecule has 2 rings (SSSR count). The number of ketones is 1. The highest BCUT2D eigenvalue weighted by Crippen LogP contribution is 2.18. The molecule has 6 nitrogen and oxygen atoms in total. The van der Waals surface area contributed by atoms with Gasteiger partial charge in [-0.15, -0.1) is 0 Å². The molecule has 0 aromatic carbocycles. The van der Waals surface area contributed by atoms with Crippen molar-refractivity contribution in [1.29, 1.82) is 0 Å². The van der Waals surface area contributed by atoms with Crippen molar-refractivity contribution >= 4 is 11.7 Å². The summed E-state index contributed by atoms with van der Waals surface area (Å²) in [6.45, 7) is 2.97. The number of amides is 1. The van der Waals surface area contributed by atoms with E-state index < -0.39 is 0 Å². The van der Waals surface area contributed by atoms with E-state index in [1.54, 1.807) is 10.9 Å². The molecule has 1 amide bonds. The smallest absolute Gasteiger partial charge is 0.269 e. The summed E-state index contributed by atoms with van der Waals surface area (Å²) in [6, 6.07) is -0.0573. The number of nitrogens with zero attached hydrogens (tertiary/aromatic N) is 2. The van der Waals surface area contributed by atoms with E-state index in [1.165, 1.54) is 6.20 Å². The first-order valence-electron chi connectivity index (χ1n) is 5.61. The Labute approximate surface area is 99.0 Å². The number of hydrogen-bond donors (Lipinski definition) is 1. The van der Waals surface area contributed by atoms with E-state index in [2.05, 4.69) is 10.3 Å². The first-order chi connectivity index (χ1) is 8.22. The molecule has 17 heavy (non-hydrogen) atoms. The van der Waals surface area contributed by atoms with E-state index in [-0.39, 0.29) is 24.3 Å². The fourth-order valence-electron chi connectivity index (χ4n) is 1.88. The molecule has 0 saturated carbocycles. The lowest BCUT2D eigenvalue weighted by Gasteiger charge is -2.25. The average Bonchev–Trinajstić information content (AvgIpc) is 2.80. The van der Waals surface area contributed by atoms with Crippen LogP contribution < -0.4 is 5.32 Å². The van der Waals surface area contributed by atoms with Gasteiger partial charge in [0, 0.05) is 19.6 Å². The molecule has 6 heteroatoms. The topological polar surface area (TPSA) is 73.2 Å². The summed E-state index contributed by atoms with van der Waals surface area (Å²) in [5.74, 6) is -0.108. The second-order valence-electron chi connectivity index (χ2n) is 3.93. The lowest BCUT2D eigenvalue weighted by molar-refractivity contribution is -0.124. The minimum Gasteiger partial charge on any atom is -0.374 e. The van der Waals surface area contributed by atoms with E-state index in [1.807, 2.05) is 6.92 Å². The molecule has 1 aliphatic heterocycles. The van der Waals surface area contributed by atoms with Crippen molar-refractivity contribution in [1.82, 2.24) is 14.9 Å². The summed E-state index contributed by atoms with van der Waals surface area (Å²) in [6.07, 6.45) is 3.45. The van der Waals surface area contributed by atoms with Crippen LogP contribution in [0.4, 0.5) is 0 Å². The zero-order chi connectivity index (χ0) is 12.3. The predicted octanol–water partition coefficient (Wildman–Crippen LogP) is 0.163. The van der Waals surface area contributed by atoms with Gasteiger partial charge in [0.05, 0.1) is 18.6 Å². The number of aromatic nitrogens is 2. The van der Waals surface area contributed by atoms with E-state index >= 15 is 0 Å². The maximum Gasteiger partial charge on any atom is 0.269 e. The van der Waals surface area contributed by atoms with Gasteiger partial charge in [-0.1, -0.05) is 0 Å². The Morgan fingerprint density at radius 1 is 1.71 bits per heavy atom. The van der Waals surface area contributed by atoms with Crippen molar-refractivity contribution < 1.29 is 14.3 Å². The van der Waals surface area contributed by atoms with Crippen LogP contribution in [0, 0.1) is 0 Å². The molecule has 0 fully saturated rings. The maximum absolute atomic E-state index is 11.6. The molecule has 0 spiro atoms. The highest BCUT2D eigenvalue weighted by molar-refractivity contribution is 5.93. The normalized spacial score (nSPS) is 18.6. The highest BCUT2D eigenvalue weighted by Gasteiger charge is 2.26. The van der Waals surface area contributed by atoms with Crippen molar-refractivity contribution in [3.63, 3.8) is 0 Å². The molecule has 1 aromatic rings. The van der Waals surface area contributed by atoms with Gasteiger partial charge in [-0.25, -0.2) is 4.98 Å². The molecule has 1 unspecified atom stereocenters. The van der Waals surface area contributed by atoms with Crippen molar-refractivity contribution in [3.8, 4) is 0 Å². The first-order valence-corrected chi connectivity index (χ1v) is 5.61. The molecule has 92 valence electrons. The van der Waals surface area contributed by atoms with Gasteiger partial charge in [-0.05, 0) is 6.92 Å². The van der Waals surface area contributed by atoms with Gasteiger partial charge in [0.1, 0.15) is 12.3 Å². The summed E-state index contributed by atoms with van der Waals surface area (Å²) in [5, 5.41) is 2.74. The number of Topliss-reactive ketones (excluding diaryl/α,β-unsaturated/α-hetero) is 1. The van der Waals surface area contributed by atoms with E-state index in [0.717, 1.165) is 0 Å². The fourth-order valence-corrected chi connectivity index (χ4v) is 1.88. The minimum atomic E-state index is -0.143. The molecule has 0 bridgehead atoms. The molecule has 0 radical (unpaired) electrons. The summed E-state index contributed by atoms with van der Waals surface area (Å²) >= 11 is 0. The number of fused-ring (bicyclic) bond motifs is 1. The van der Waals surface area contributed by atoms with Crippen LogP contribution in [0.1, 0.15) is 29.9 Å². The fraction of sp³-hybridized carbons (Fsp3) is 0.545. The van der Waals surface area contributed by atoms with Crippen molar-refractivity contribution in [2.45, 2.75) is 19.4 Å². The van der Waals surface area contributed by atoms with Crippen molar-refractivity contribution in [3.05, 3.63) is 18.2 Å². The van der Waals surface area contributed by atoms with Crippen molar-refractivity contribution in [2.24, 2.45) is 0 Å². The van der Waals surface area contributed by atoms with Crippen LogP contribution in [0.25, 0.3) is 0 Å². The minimum absolute atomic E-state index is 0.0349. The van der Waals surface area contributed by atoms with Crippen LogP contribution in [-0.2, 0) is 9.53 Å². The highest BCUT2D eigenvalue weighted by atomic mass is 16.5. The van der Waals surface area contributed by atoms with Gasteiger partial charge in [0.25, 0.3) is 5.91 Å². The van der Waals surface area contributed by atoms with Gasteiger partial charge < -0.3 is 14.6 Å². The number of ether oxygens (including phenoxy) is 1. The summed E-state index contributed by atoms with van der Waals surface area (Å²) < 4.78 is 6.82. The molecule has 1 atom stereocenters. The molecule has 1 aromatic heterocycles. The van der Waals surface area contributed by atoms with Crippen LogP contribution in [0.3, 0.4) is 0 Å². The monoisotopic (exact) mass is 237 g/mol. The number of imidazole rings is 1. The van der Waals surface area contributed by atoms with E-state index in [0.29, 0.717) is 25.3 Å². The Bertz CT molecular complexity index is 427.